The summed E-state index contributed by atoms with van der Waals surface area (Å²) in [5, 5.41) is 9.34. The van der Waals surface area contributed by atoms with Gasteiger partial charge in [0.1, 0.15) is 5.38 Å². The van der Waals surface area contributed by atoms with E-state index in [0.717, 1.165) is 12.8 Å². The molecule has 1 heterocycles. The van der Waals surface area contributed by atoms with Gasteiger partial charge >= 0.3 is 6.01 Å². The number of nitrogens with one attached hydrogen (secondary N) is 1. The largest absolute Gasteiger partial charge is 0.408 e. The summed E-state index contributed by atoms with van der Waals surface area (Å²) in [6, 6.07) is 0.129. The Hall–Kier alpha value is -1.10. The lowest BCUT2D eigenvalue weighted by molar-refractivity contribution is -0.115. The van der Waals surface area contributed by atoms with Crippen LogP contribution in [0.1, 0.15) is 31.6 Å². The smallest absolute Gasteiger partial charge is 0.322 e. The number of carbonyl (C=O) groups is 1. The zero-order valence-electron chi connectivity index (χ0n) is 7.66. The van der Waals surface area contributed by atoms with Gasteiger partial charge in [0, 0.05) is 5.92 Å². The molecule has 0 aromatic carbocycles. The molecule has 1 saturated carbocycles. The number of aromatic nitrogens is 2. The monoisotopic (exact) mass is 215 g/mol. The van der Waals surface area contributed by atoms with Crippen molar-refractivity contribution < 1.29 is 9.21 Å². The Bertz CT molecular complexity index is 346. The summed E-state index contributed by atoms with van der Waals surface area (Å²) in [6.45, 7) is 1.58. The standard InChI is InChI=1S/C8H10ClN3O2/c1-4(9)6(13)10-8-12-11-7(14-8)5-2-3-5/h4-5H,2-3H2,1H3,(H,10,12,13). The maximum Gasteiger partial charge on any atom is 0.322 e. The van der Waals surface area contributed by atoms with E-state index in [0.29, 0.717) is 11.8 Å². The van der Waals surface area contributed by atoms with Gasteiger partial charge in [-0.05, 0) is 19.8 Å². The van der Waals surface area contributed by atoms with Gasteiger partial charge in [0.15, 0.2) is 0 Å². The molecule has 2 rings (SSSR count). The van der Waals surface area contributed by atoms with Gasteiger partial charge in [-0.2, -0.15) is 0 Å². The van der Waals surface area contributed by atoms with E-state index < -0.39 is 5.38 Å². The molecule has 1 aliphatic rings. The molecular formula is C8H10ClN3O2. The average Bonchev–Trinajstić information content (AvgIpc) is 2.88. The highest BCUT2D eigenvalue weighted by Gasteiger charge is 2.29. The van der Waals surface area contributed by atoms with Crippen LogP contribution in [0.2, 0.25) is 0 Å². The lowest BCUT2D eigenvalue weighted by Crippen LogP contribution is -2.20. The number of rotatable bonds is 3. The average molecular weight is 216 g/mol. The van der Waals surface area contributed by atoms with Crippen molar-refractivity contribution in [2.45, 2.75) is 31.1 Å². The van der Waals surface area contributed by atoms with E-state index in [1.807, 2.05) is 0 Å². The van der Waals surface area contributed by atoms with E-state index in [9.17, 15) is 4.79 Å². The van der Waals surface area contributed by atoms with Crippen LogP contribution in [0, 0.1) is 0 Å². The Morgan fingerprint density at radius 1 is 1.64 bits per heavy atom. The second-order valence-corrected chi connectivity index (χ2v) is 3.98. The number of amides is 1. The number of alkyl halides is 1. The Kier molecular flexibility index (Phi) is 2.41. The van der Waals surface area contributed by atoms with Crippen molar-refractivity contribution in [3.63, 3.8) is 0 Å². The SMILES string of the molecule is CC(Cl)C(=O)Nc1nnc(C2CC2)o1. The normalized spacial score (nSPS) is 17.9. The molecule has 0 bridgehead atoms. The number of carbonyl (C=O) groups excluding carboxylic acids is 1. The molecule has 1 aromatic rings. The van der Waals surface area contributed by atoms with Gasteiger partial charge in [0.25, 0.3) is 0 Å². The molecule has 1 fully saturated rings. The van der Waals surface area contributed by atoms with E-state index in [2.05, 4.69) is 15.5 Å². The zero-order chi connectivity index (χ0) is 10.1. The lowest BCUT2D eigenvalue weighted by atomic mass is 10.4. The first-order chi connectivity index (χ1) is 6.66. The van der Waals surface area contributed by atoms with Crippen molar-refractivity contribution in [2.24, 2.45) is 0 Å². The highest BCUT2D eigenvalue weighted by atomic mass is 35.5. The topological polar surface area (TPSA) is 68.0 Å². The Balaban J connectivity index is 1.99. The number of halogens is 1. The first kappa shape index (κ1) is 9.45. The third-order valence-electron chi connectivity index (χ3n) is 1.96. The Morgan fingerprint density at radius 3 is 2.93 bits per heavy atom. The molecule has 1 amide bonds. The predicted molar refractivity (Wildman–Crippen MR) is 50.2 cm³/mol. The zero-order valence-corrected chi connectivity index (χ0v) is 8.41. The molecule has 6 heteroatoms. The summed E-state index contributed by atoms with van der Waals surface area (Å²) < 4.78 is 5.22. The second kappa shape index (κ2) is 3.57. The highest BCUT2D eigenvalue weighted by molar-refractivity contribution is 6.32. The second-order valence-electron chi connectivity index (χ2n) is 3.32. The minimum absolute atomic E-state index is 0.129. The van der Waals surface area contributed by atoms with Gasteiger partial charge in [-0.25, -0.2) is 0 Å². The maximum absolute atomic E-state index is 11.1. The number of hydrogen-bond donors (Lipinski definition) is 1. The third kappa shape index (κ3) is 2.04. The quantitative estimate of drug-likeness (QED) is 0.777. The van der Waals surface area contributed by atoms with Crippen LogP contribution < -0.4 is 5.32 Å². The van der Waals surface area contributed by atoms with Crippen LogP contribution in [-0.4, -0.2) is 21.5 Å². The molecule has 76 valence electrons. The lowest BCUT2D eigenvalue weighted by Gasteiger charge is -1.99. The molecule has 5 nitrogen and oxygen atoms in total. The fraction of sp³-hybridized carbons (Fsp3) is 0.625. The van der Waals surface area contributed by atoms with Gasteiger partial charge < -0.3 is 4.42 Å². The van der Waals surface area contributed by atoms with Crippen LogP contribution in [0.25, 0.3) is 0 Å². The summed E-state index contributed by atoms with van der Waals surface area (Å²) in [5.74, 6) is 0.654. The maximum atomic E-state index is 11.1. The van der Waals surface area contributed by atoms with Crippen LogP contribution >= 0.6 is 11.6 Å². The van der Waals surface area contributed by atoms with Crippen molar-refractivity contribution in [1.29, 1.82) is 0 Å². The van der Waals surface area contributed by atoms with Gasteiger partial charge in [0.2, 0.25) is 11.8 Å². The van der Waals surface area contributed by atoms with Crippen LogP contribution in [-0.2, 0) is 4.79 Å². The summed E-state index contributed by atoms with van der Waals surface area (Å²) >= 11 is 5.56. The van der Waals surface area contributed by atoms with Crippen molar-refractivity contribution in [3.8, 4) is 0 Å². The molecule has 0 spiro atoms. The van der Waals surface area contributed by atoms with Gasteiger partial charge in [-0.3, -0.25) is 10.1 Å². The molecular weight excluding hydrogens is 206 g/mol. The molecule has 14 heavy (non-hydrogen) atoms. The molecule has 1 N–H and O–H groups in total. The molecule has 1 aliphatic carbocycles. The Labute approximate surface area is 85.8 Å². The highest BCUT2D eigenvalue weighted by Crippen LogP contribution is 2.39. The van der Waals surface area contributed by atoms with Crippen molar-refractivity contribution in [1.82, 2.24) is 10.2 Å². The van der Waals surface area contributed by atoms with Crippen LogP contribution in [0.5, 0.6) is 0 Å². The van der Waals surface area contributed by atoms with Crippen molar-refractivity contribution >= 4 is 23.5 Å². The number of hydrogen-bond acceptors (Lipinski definition) is 4. The fourth-order valence-corrected chi connectivity index (χ4v) is 1.04. The van der Waals surface area contributed by atoms with Crippen LogP contribution in [0.15, 0.2) is 4.42 Å². The first-order valence-electron chi connectivity index (χ1n) is 4.45. The summed E-state index contributed by atoms with van der Waals surface area (Å²) in [6.07, 6.45) is 2.17. The fourth-order valence-electron chi connectivity index (χ4n) is 0.985. The van der Waals surface area contributed by atoms with Crippen LogP contribution in [0.3, 0.4) is 0 Å². The van der Waals surface area contributed by atoms with Gasteiger partial charge in [-0.15, -0.1) is 16.7 Å². The van der Waals surface area contributed by atoms with E-state index in [1.54, 1.807) is 6.92 Å². The van der Waals surface area contributed by atoms with E-state index in [-0.39, 0.29) is 11.9 Å². The van der Waals surface area contributed by atoms with Gasteiger partial charge in [0.05, 0.1) is 0 Å². The van der Waals surface area contributed by atoms with Gasteiger partial charge in [-0.1, -0.05) is 5.10 Å². The molecule has 0 saturated heterocycles. The molecule has 0 radical (unpaired) electrons. The van der Waals surface area contributed by atoms with Crippen molar-refractivity contribution in [2.75, 3.05) is 5.32 Å². The molecule has 1 unspecified atom stereocenters. The minimum atomic E-state index is -0.605. The third-order valence-corrected chi connectivity index (χ3v) is 2.16. The minimum Gasteiger partial charge on any atom is -0.408 e. The number of nitrogens with zero attached hydrogens (tertiary/aromatic N) is 2. The summed E-state index contributed by atoms with van der Waals surface area (Å²) in [7, 11) is 0. The molecule has 1 aromatic heterocycles. The van der Waals surface area contributed by atoms with E-state index in [4.69, 9.17) is 16.0 Å². The number of anilines is 1. The Morgan fingerprint density at radius 2 is 2.36 bits per heavy atom. The van der Waals surface area contributed by atoms with E-state index in [1.165, 1.54) is 0 Å². The first-order valence-corrected chi connectivity index (χ1v) is 4.89. The summed E-state index contributed by atoms with van der Waals surface area (Å²) in [4.78, 5) is 11.1. The van der Waals surface area contributed by atoms with Crippen molar-refractivity contribution in [3.05, 3.63) is 5.89 Å². The molecule has 0 aliphatic heterocycles. The summed E-state index contributed by atoms with van der Waals surface area (Å²) in [5.41, 5.74) is 0. The van der Waals surface area contributed by atoms with E-state index >= 15 is 0 Å². The van der Waals surface area contributed by atoms with Crippen LogP contribution in [0.4, 0.5) is 6.01 Å². The molecule has 1 atom stereocenters. The predicted octanol–water partition coefficient (Wildman–Crippen LogP) is 1.51.